The van der Waals surface area contributed by atoms with Gasteiger partial charge in [-0.1, -0.05) is 58.3 Å². The summed E-state index contributed by atoms with van der Waals surface area (Å²) in [5.41, 5.74) is -0.700. The fourth-order valence-corrected chi connectivity index (χ4v) is 1.86. The summed E-state index contributed by atoms with van der Waals surface area (Å²) in [6.07, 6.45) is 11.9. The van der Waals surface area contributed by atoms with E-state index in [1.54, 1.807) is 13.8 Å². The first-order valence-corrected chi connectivity index (χ1v) is 8.38. The van der Waals surface area contributed by atoms with Crippen LogP contribution in [0, 0.1) is 0 Å². The van der Waals surface area contributed by atoms with Gasteiger partial charge in [-0.25, -0.2) is 0 Å². The standard InChI is InChI=1S/C12H24O2.C5H12O2/c1-2-3-4-5-6-7-8-9-10-11-12(13)14;1-5(2,7)3-4-6/h2-11H2,1H3,(H,13,14);6-7H,3-4H2,1-2H3. The average molecular weight is 304 g/mol. The van der Waals surface area contributed by atoms with Crippen LogP contribution in [0.5, 0.6) is 0 Å². The molecule has 0 aromatic carbocycles. The molecule has 0 unspecified atom stereocenters. The third kappa shape index (κ3) is 28.3. The van der Waals surface area contributed by atoms with Crippen LogP contribution < -0.4 is 0 Å². The van der Waals surface area contributed by atoms with Gasteiger partial charge in [-0.3, -0.25) is 4.79 Å². The summed E-state index contributed by atoms with van der Waals surface area (Å²) in [6.45, 7) is 5.63. The predicted molar refractivity (Wildman–Crippen MR) is 87.5 cm³/mol. The van der Waals surface area contributed by atoms with E-state index in [-0.39, 0.29) is 6.61 Å². The molecule has 0 heterocycles. The lowest BCUT2D eigenvalue weighted by atomic mass is 10.1. The zero-order valence-electron chi connectivity index (χ0n) is 14.2. The van der Waals surface area contributed by atoms with Crippen LogP contribution in [0.4, 0.5) is 0 Å². The first-order chi connectivity index (χ1) is 9.83. The Morgan fingerprint density at radius 1 is 0.905 bits per heavy atom. The van der Waals surface area contributed by atoms with Crippen molar-refractivity contribution in [3.05, 3.63) is 0 Å². The smallest absolute Gasteiger partial charge is 0.303 e. The molecule has 0 radical (unpaired) electrons. The van der Waals surface area contributed by atoms with Crippen molar-refractivity contribution < 1.29 is 20.1 Å². The van der Waals surface area contributed by atoms with Gasteiger partial charge in [0.25, 0.3) is 0 Å². The molecule has 4 nitrogen and oxygen atoms in total. The number of carboxylic acids is 1. The van der Waals surface area contributed by atoms with Crippen LogP contribution in [-0.2, 0) is 4.79 Å². The van der Waals surface area contributed by atoms with Gasteiger partial charge in [-0.15, -0.1) is 0 Å². The van der Waals surface area contributed by atoms with E-state index in [1.807, 2.05) is 0 Å². The number of unbranched alkanes of at least 4 members (excludes halogenated alkanes) is 8. The van der Waals surface area contributed by atoms with Gasteiger partial charge in [0, 0.05) is 13.0 Å². The van der Waals surface area contributed by atoms with Crippen molar-refractivity contribution in [3.8, 4) is 0 Å². The van der Waals surface area contributed by atoms with Gasteiger partial charge in [-0.2, -0.15) is 0 Å². The Morgan fingerprint density at radius 2 is 1.33 bits per heavy atom. The van der Waals surface area contributed by atoms with Crippen molar-refractivity contribution in [2.24, 2.45) is 0 Å². The molecule has 0 aliphatic heterocycles. The fraction of sp³-hybridized carbons (Fsp3) is 0.941. The fourth-order valence-electron chi connectivity index (χ4n) is 1.86. The topological polar surface area (TPSA) is 77.8 Å². The lowest BCUT2D eigenvalue weighted by Gasteiger charge is -2.13. The molecule has 3 N–H and O–H groups in total. The second kappa shape index (κ2) is 15.8. The maximum absolute atomic E-state index is 10.2. The highest BCUT2D eigenvalue weighted by atomic mass is 16.4. The van der Waals surface area contributed by atoms with Gasteiger partial charge in [0.2, 0.25) is 0 Å². The van der Waals surface area contributed by atoms with E-state index in [2.05, 4.69) is 6.92 Å². The molecule has 0 atom stereocenters. The summed E-state index contributed by atoms with van der Waals surface area (Å²) in [5, 5.41) is 25.5. The Labute approximate surface area is 130 Å². The molecule has 0 saturated heterocycles. The van der Waals surface area contributed by atoms with E-state index in [1.165, 1.54) is 44.9 Å². The van der Waals surface area contributed by atoms with Crippen molar-refractivity contribution in [1.82, 2.24) is 0 Å². The third-order valence-corrected chi connectivity index (χ3v) is 3.22. The molecule has 0 bridgehead atoms. The Hall–Kier alpha value is -0.610. The van der Waals surface area contributed by atoms with Gasteiger partial charge in [-0.05, 0) is 26.7 Å². The monoisotopic (exact) mass is 304 g/mol. The molecule has 21 heavy (non-hydrogen) atoms. The summed E-state index contributed by atoms with van der Waals surface area (Å²) >= 11 is 0. The van der Waals surface area contributed by atoms with Crippen LogP contribution in [-0.4, -0.2) is 33.5 Å². The van der Waals surface area contributed by atoms with Gasteiger partial charge >= 0.3 is 5.97 Å². The molecular formula is C17H36O4. The largest absolute Gasteiger partial charge is 0.481 e. The zero-order valence-corrected chi connectivity index (χ0v) is 14.2. The number of aliphatic carboxylic acids is 1. The quantitative estimate of drug-likeness (QED) is 0.474. The van der Waals surface area contributed by atoms with Crippen LogP contribution in [0.3, 0.4) is 0 Å². The van der Waals surface area contributed by atoms with E-state index >= 15 is 0 Å². The lowest BCUT2D eigenvalue weighted by molar-refractivity contribution is -0.137. The Bertz CT molecular complexity index is 221. The molecule has 0 rings (SSSR count). The SMILES string of the molecule is CC(C)(O)CCO.CCCCCCCCCCCC(=O)O. The molecule has 0 fully saturated rings. The summed E-state index contributed by atoms with van der Waals surface area (Å²) in [5.74, 6) is -0.659. The minimum Gasteiger partial charge on any atom is -0.481 e. The first kappa shape index (κ1) is 22.7. The summed E-state index contributed by atoms with van der Waals surface area (Å²) in [6, 6.07) is 0. The molecule has 4 heteroatoms. The number of hydrogen-bond donors (Lipinski definition) is 3. The molecule has 0 aliphatic rings. The zero-order chi connectivity index (χ0) is 16.6. The minimum atomic E-state index is -0.700. The first-order valence-electron chi connectivity index (χ1n) is 8.38. The highest BCUT2D eigenvalue weighted by molar-refractivity contribution is 5.66. The Kier molecular flexibility index (Phi) is 17.0. The minimum absolute atomic E-state index is 0.0590. The Balaban J connectivity index is 0. The van der Waals surface area contributed by atoms with Crippen molar-refractivity contribution in [3.63, 3.8) is 0 Å². The molecule has 0 amide bonds. The van der Waals surface area contributed by atoms with Gasteiger partial charge in [0.15, 0.2) is 0 Å². The Morgan fingerprint density at radius 3 is 1.62 bits per heavy atom. The van der Waals surface area contributed by atoms with Crippen molar-refractivity contribution in [2.75, 3.05) is 6.61 Å². The average Bonchev–Trinajstić information content (AvgIpc) is 2.36. The van der Waals surface area contributed by atoms with Crippen molar-refractivity contribution in [1.29, 1.82) is 0 Å². The highest BCUT2D eigenvalue weighted by Gasteiger charge is 2.09. The predicted octanol–water partition coefficient (Wildman–Crippen LogP) is 4.13. The summed E-state index contributed by atoms with van der Waals surface area (Å²) in [7, 11) is 0. The molecule has 0 saturated carbocycles. The van der Waals surface area contributed by atoms with Gasteiger partial charge < -0.3 is 15.3 Å². The van der Waals surface area contributed by atoms with E-state index < -0.39 is 11.6 Å². The normalized spacial score (nSPS) is 10.9. The molecule has 0 aliphatic carbocycles. The summed E-state index contributed by atoms with van der Waals surface area (Å²) < 4.78 is 0. The van der Waals surface area contributed by atoms with Crippen LogP contribution >= 0.6 is 0 Å². The van der Waals surface area contributed by atoms with Crippen molar-refractivity contribution in [2.45, 2.75) is 97.0 Å². The number of carbonyl (C=O) groups is 1. The molecule has 0 aromatic rings. The molecule has 0 aromatic heterocycles. The number of hydrogen-bond acceptors (Lipinski definition) is 3. The maximum Gasteiger partial charge on any atom is 0.303 e. The number of carboxylic acid groups (broad SMARTS) is 1. The van der Waals surface area contributed by atoms with Crippen LogP contribution in [0.15, 0.2) is 0 Å². The van der Waals surface area contributed by atoms with E-state index in [9.17, 15) is 4.79 Å². The number of aliphatic hydroxyl groups is 2. The molecular weight excluding hydrogens is 268 g/mol. The molecule has 0 spiro atoms. The van der Waals surface area contributed by atoms with Crippen LogP contribution in [0.25, 0.3) is 0 Å². The summed E-state index contributed by atoms with van der Waals surface area (Å²) in [4.78, 5) is 10.2. The van der Waals surface area contributed by atoms with Crippen LogP contribution in [0.1, 0.15) is 91.4 Å². The van der Waals surface area contributed by atoms with E-state index in [0.29, 0.717) is 12.8 Å². The van der Waals surface area contributed by atoms with E-state index in [4.69, 9.17) is 15.3 Å². The second-order valence-corrected chi connectivity index (χ2v) is 6.26. The number of aliphatic hydroxyl groups excluding tert-OH is 1. The van der Waals surface area contributed by atoms with Gasteiger partial charge in [0.05, 0.1) is 5.60 Å². The third-order valence-electron chi connectivity index (χ3n) is 3.22. The van der Waals surface area contributed by atoms with E-state index in [0.717, 1.165) is 12.8 Å². The maximum atomic E-state index is 10.2. The van der Waals surface area contributed by atoms with Crippen LogP contribution in [0.2, 0.25) is 0 Å². The number of rotatable bonds is 12. The van der Waals surface area contributed by atoms with Gasteiger partial charge in [0.1, 0.15) is 0 Å². The highest BCUT2D eigenvalue weighted by Crippen LogP contribution is 2.10. The lowest BCUT2D eigenvalue weighted by Crippen LogP contribution is -2.19. The molecule has 128 valence electrons. The van der Waals surface area contributed by atoms with Crippen molar-refractivity contribution >= 4 is 5.97 Å². The second-order valence-electron chi connectivity index (χ2n) is 6.26.